The average Bonchev–Trinajstić information content (AvgIpc) is 2.54. The molecule has 19 heavy (non-hydrogen) atoms. The summed E-state index contributed by atoms with van der Waals surface area (Å²) < 4.78 is 29.1. The molecular weight excluding hydrogens is 264 g/mol. The molecule has 0 bridgehead atoms. The molecule has 0 radical (unpaired) electrons. The molecule has 3 N–H and O–H groups in total. The summed E-state index contributed by atoms with van der Waals surface area (Å²) >= 11 is 0. The van der Waals surface area contributed by atoms with Crippen molar-refractivity contribution < 1.29 is 8.42 Å². The van der Waals surface area contributed by atoms with Gasteiger partial charge >= 0.3 is 0 Å². The lowest BCUT2D eigenvalue weighted by Gasteiger charge is -2.22. The van der Waals surface area contributed by atoms with Crippen molar-refractivity contribution >= 4 is 15.8 Å². The first-order chi connectivity index (χ1) is 8.92. The number of imidazole rings is 1. The van der Waals surface area contributed by atoms with E-state index >= 15 is 0 Å². The van der Waals surface area contributed by atoms with Gasteiger partial charge < -0.3 is 10.3 Å². The van der Waals surface area contributed by atoms with Gasteiger partial charge in [0.05, 0.1) is 6.33 Å². The van der Waals surface area contributed by atoms with E-state index < -0.39 is 10.0 Å². The maximum atomic E-state index is 12.4. The summed E-state index contributed by atoms with van der Waals surface area (Å²) in [5, 5.41) is 0.0592. The van der Waals surface area contributed by atoms with Crippen LogP contribution in [0.25, 0.3) is 0 Å². The van der Waals surface area contributed by atoms with E-state index in [2.05, 4.69) is 16.6 Å². The first-order valence-corrected chi connectivity index (χ1v) is 8.19. The molecule has 0 aromatic carbocycles. The Labute approximate surface area is 114 Å². The summed E-state index contributed by atoms with van der Waals surface area (Å²) in [7, 11) is -1.97. The third-order valence-electron chi connectivity index (χ3n) is 3.83. The molecule has 1 aromatic heterocycles. The molecule has 2 unspecified atom stereocenters. The Hall–Kier alpha value is -1.08. The molecule has 0 aliphatic heterocycles. The normalized spacial score (nSPS) is 25.2. The minimum Gasteiger partial charge on any atom is -0.381 e. The Bertz CT molecular complexity index is 518. The lowest BCUT2D eigenvalue weighted by molar-refractivity contribution is 0.398. The number of hydrogen-bond acceptors (Lipinski definition) is 4. The third-order valence-corrected chi connectivity index (χ3v) is 5.45. The summed E-state index contributed by atoms with van der Waals surface area (Å²) in [6.07, 6.45) is 6.79. The van der Waals surface area contributed by atoms with Crippen molar-refractivity contribution in [2.45, 2.75) is 50.1 Å². The van der Waals surface area contributed by atoms with Crippen LogP contribution in [0.1, 0.15) is 39.0 Å². The topological polar surface area (TPSA) is 90.0 Å². The standard InChI is InChI=1S/C12H22N4O2S/c1-9-6-4-3-5-7-10(9)15-19(17,18)12-11(13)14-8-16(12)2/h8-10,15H,3-7,13H2,1-2H3. The molecule has 1 heterocycles. The minimum absolute atomic E-state index is 0.0122. The Balaban J connectivity index is 2.21. The summed E-state index contributed by atoms with van der Waals surface area (Å²) in [4.78, 5) is 3.83. The number of nitrogens with zero attached hydrogens (tertiary/aromatic N) is 2. The Kier molecular flexibility index (Phi) is 4.15. The second kappa shape index (κ2) is 5.50. The van der Waals surface area contributed by atoms with E-state index in [9.17, 15) is 8.42 Å². The highest BCUT2D eigenvalue weighted by molar-refractivity contribution is 7.89. The molecule has 1 aliphatic rings. The Morgan fingerprint density at radius 3 is 2.68 bits per heavy atom. The van der Waals surface area contributed by atoms with Crippen LogP contribution in [0.2, 0.25) is 0 Å². The molecule has 0 saturated heterocycles. The van der Waals surface area contributed by atoms with Gasteiger partial charge in [0.15, 0.2) is 10.8 Å². The van der Waals surface area contributed by atoms with Crippen molar-refractivity contribution in [3.8, 4) is 0 Å². The molecule has 1 aromatic rings. The van der Waals surface area contributed by atoms with Gasteiger partial charge in [-0.2, -0.15) is 0 Å². The smallest absolute Gasteiger partial charge is 0.260 e. The lowest BCUT2D eigenvalue weighted by atomic mass is 9.98. The molecule has 0 amide bonds. The first kappa shape index (κ1) is 14.3. The molecule has 108 valence electrons. The van der Waals surface area contributed by atoms with Crippen LogP contribution in [0.15, 0.2) is 11.4 Å². The third kappa shape index (κ3) is 3.09. The highest BCUT2D eigenvalue weighted by Crippen LogP contribution is 2.25. The second-order valence-corrected chi connectivity index (χ2v) is 7.02. The zero-order chi connectivity index (χ0) is 14.0. The van der Waals surface area contributed by atoms with Gasteiger partial charge in [-0.25, -0.2) is 18.1 Å². The maximum absolute atomic E-state index is 12.4. The quantitative estimate of drug-likeness (QED) is 0.818. The van der Waals surface area contributed by atoms with Crippen LogP contribution >= 0.6 is 0 Å². The fraction of sp³-hybridized carbons (Fsp3) is 0.750. The molecule has 0 spiro atoms. The lowest BCUT2D eigenvalue weighted by Crippen LogP contribution is -2.39. The zero-order valence-electron chi connectivity index (χ0n) is 11.5. The zero-order valence-corrected chi connectivity index (χ0v) is 12.3. The fourth-order valence-electron chi connectivity index (χ4n) is 2.69. The van der Waals surface area contributed by atoms with Crippen LogP contribution in [0, 0.1) is 5.92 Å². The fourth-order valence-corrected chi connectivity index (χ4v) is 4.30. The molecule has 1 fully saturated rings. The predicted octanol–water partition coefficient (Wildman–Crippen LogP) is 1.25. The number of nitrogens with two attached hydrogens (primary N) is 1. The van der Waals surface area contributed by atoms with Gasteiger partial charge in [-0.1, -0.05) is 26.2 Å². The van der Waals surface area contributed by atoms with E-state index in [1.54, 1.807) is 7.05 Å². The molecule has 2 rings (SSSR count). The van der Waals surface area contributed by atoms with Gasteiger partial charge in [-0.05, 0) is 18.8 Å². The highest BCUT2D eigenvalue weighted by atomic mass is 32.2. The maximum Gasteiger partial charge on any atom is 0.260 e. The van der Waals surface area contributed by atoms with Crippen LogP contribution in [0.3, 0.4) is 0 Å². The minimum atomic E-state index is -3.60. The van der Waals surface area contributed by atoms with Crippen molar-refractivity contribution in [3.63, 3.8) is 0 Å². The van der Waals surface area contributed by atoms with E-state index in [1.807, 2.05) is 0 Å². The van der Waals surface area contributed by atoms with E-state index in [-0.39, 0.29) is 16.9 Å². The summed E-state index contributed by atoms with van der Waals surface area (Å²) in [5.41, 5.74) is 5.65. The Morgan fingerprint density at radius 2 is 2.05 bits per heavy atom. The van der Waals surface area contributed by atoms with Crippen LogP contribution in [-0.2, 0) is 17.1 Å². The van der Waals surface area contributed by atoms with E-state index in [4.69, 9.17) is 5.73 Å². The number of sulfonamides is 1. The summed E-state index contributed by atoms with van der Waals surface area (Å²) in [5.74, 6) is 0.406. The number of rotatable bonds is 3. The number of nitrogens with one attached hydrogen (secondary N) is 1. The molecule has 2 atom stereocenters. The van der Waals surface area contributed by atoms with Crippen LogP contribution in [0.5, 0.6) is 0 Å². The van der Waals surface area contributed by atoms with Gasteiger partial charge in [0.25, 0.3) is 10.0 Å². The van der Waals surface area contributed by atoms with Crippen molar-refractivity contribution in [3.05, 3.63) is 6.33 Å². The second-order valence-electron chi connectivity index (χ2n) is 5.39. The Morgan fingerprint density at radius 1 is 1.37 bits per heavy atom. The molecule has 1 saturated carbocycles. The molecule has 6 nitrogen and oxygen atoms in total. The van der Waals surface area contributed by atoms with Crippen molar-refractivity contribution in [1.82, 2.24) is 14.3 Å². The molecule has 1 aliphatic carbocycles. The SMILES string of the molecule is CC1CCCCCC1NS(=O)(=O)c1c(N)ncn1C. The van der Waals surface area contributed by atoms with E-state index in [0.717, 1.165) is 19.3 Å². The van der Waals surface area contributed by atoms with Crippen LogP contribution in [0.4, 0.5) is 5.82 Å². The average molecular weight is 286 g/mol. The molecule has 7 heteroatoms. The summed E-state index contributed by atoms with van der Waals surface area (Å²) in [6, 6.07) is -0.0122. The van der Waals surface area contributed by atoms with Gasteiger partial charge in [0, 0.05) is 13.1 Å². The number of nitrogen functional groups attached to an aromatic ring is 1. The van der Waals surface area contributed by atoms with Crippen molar-refractivity contribution in [2.75, 3.05) is 5.73 Å². The van der Waals surface area contributed by atoms with Gasteiger partial charge in [0.1, 0.15) is 0 Å². The predicted molar refractivity (Wildman–Crippen MR) is 74.0 cm³/mol. The van der Waals surface area contributed by atoms with E-state index in [1.165, 1.54) is 23.7 Å². The largest absolute Gasteiger partial charge is 0.381 e. The van der Waals surface area contributed by atoms with E-state index in [0.29, 0.717) is 5.92 Å². The van der Waals surface area contributed by atoms with Crippen molar-refractivity contribution in [2.24, 2.45) is 13.0 Å². The molecular formula is C12H22N4O2S. The van der Waals surface area contributed by atoms with Crippen molar-refractivity contribution in [1.29, 1.82) is 0 Å². The highest BCUT2D eigenvalue weighted by Gasteiger charge is 2.29. The van der Waals surface area contributed by atoms with Gasteiger partial charge in [0.2, 0.25) is 0 Å². The number of aryl methyl sites for hydroxylation is 1. The number of aromatic nitrogens is 2. The summed E-state index contributed by atoms with van der Waals surface area (Å²) in [6.45, 7) is 2.10. The van der Waals surface area contributed by atoms with Gasteiger partial charge in [-0.15, -0.1) is 0 Å². The number of hydrogen-bond donors (Lipinski definition) is 2. The first-order valence-electron chi connectivity index (χ1n) is 6.71. The number of anilines is 1. The van der Waals surface area contributed by atoms with Crippen LogP contribution < -0.4 is 10.5 Å². The van der Waals surface area contributed by atoms with Gasteiger partial charge in [-0.3, -0.25) is 0 Å². The monoisotopic (exact) mass is 286 g/mol. The van der Waals surface area contributed by atoms with Crippen LogP contribution in [-0.4, -0.2) is 24.0 Å².